The lowest BCUT2D eigenvalue weighted by molar-refractivity contribution is -0.140. The quantitative estimate of drug-likeness (QED) is 0.441. The molecule has 0 aromatic heterocycles. The molecule has 1 rings (SSSR count). The van der Waals surface area contributed by atoms with Crippen molar-refractivity contribution in [3.05, 3.63) is 28.2 Å². The van der Waals surface area contributed by atoms with E-state index in [4.69, 9.17) is 27.9 Å². The Balaban J connectivity index is 2.39. The average molecular weight is 293 g/mol. The lowest BCUT2D eigenvalue weighted by Crippen LogP contribution is -2.08. The molecule has 0 aliphatic heterocycles. The van der Waals surface area contributed by atoms with Crippen molar-refractivity contribution in [3.8, 4) is 0 Å². The number of ether oxygens (including phenoxy) is 1. The zero-order valence-electron chi connectivity index (χ0n) is 9.54. The van der Waals surface area contributed by atoms with Gasteiger partial charge < -0.3 is 4.74 Å². The summed E-state index contributed by atoms with van der Waals surface area (Å²) in [5.41, 5.74) is 0. The van der Waals surface area contributed by atoms with E-state index >= 15 is 0 Å². The second kappa shape index (κ2) is 7.85. The standard InChI is InChI=1S/C12H14Cl2O2S/c1-2-3-6-16-12(15)8-17-11-7-9(13)4-5-10(11)14/h4-5,7H,2-3,6,8H2,1H3. The number of hydrogen-bond donors (Lipinski definition) is 0. The Bertz CT molecular complexity index is 383. The lowest BCUT2D eigenvalue weighted by atomic mass is 10.4. The van der Waals surface area contributed by atoms with E-state index in [9.17, 15) is 4.79 Å². The molecule has 0 saturated heterocycles. The molecule has 5 heteroatoms. The highest BCUT2D eigenvalue weighted by Gasteiger charge is 2.07. The van der Waals surface area contributed by atoms with Crippen molar-refractivity contribution in [3.63, 3.8) is 0 Å². The van der Waals surface area contributed by atoms with Gasteiger partial charge in [0, 0.05) is 9.92 Å². The van der Waals surface area contributed by atoms with E-state index in [0.717, 1.165) is 17.7 Å². The van der Waals surface area contributed by atoms with Gasteiger partial charge in [0.25, 0.3) is 0 Å². The number of halogens is 2. The van der Waals surface area contributed by atoms with E-state index in [0.29, 0.717) is 16.7 Å². The first kappa shape index (κ1) is 14.7. The van der Waals surface area contributed by atoms with Gasteiger partial charge in [-0.25, -0.2) is 0 Å². The van der Waals surface area contributed by atoms with Crippen LogP contribution in [0.1, 0.15) is 19.8 Å². The Morgan fingerprint density at radius 2 is 2.18 bits per heavy atom. The Labute approximate surface area is 116 Å². The van der Waals surface area contributed by atoms with Crippen molar-refractivity contribution in [2.45, 2.75) is 24.7 Å². The van der Waals surface area contributed by atoms with Crippen molar-refractivity contribution in [1.29, 1.82) is 0 Å². The van der Waals surface area contributed by atoms with Gasteiger partial charge in [-0.1, -0.05) is 36.5 Å². The van der Waals surface area contributed by atoms with Gasteiger partial charge >= 0.3 is 5.97 Å². The largest absolute Gasteiger partial charge is 0.465 e. The maximum atomic E-state index is 11.4. The molecule has 0 heterocycles. The average Bonchev–Trinajstić information content (AvgIpc) is 2.31. The zero-order valence-corrected chi connectivity index (χ0v) is 11.9. The molecular formula is C12H14Cl2O2S. The minimum atomic E-state index is -0.223. The molecule has 0 unspecified atom stereocenters. The van der Waals surface area contributed by atoms with Crippen molar-refractivity contribution < 1.29 is 9.53 Å². The smallest absolute Gasteiger partial charge is 0.316 e. The van der Waals surface area contributed by atoms with Crippen LogP contribution in [-0.4, -0.2) is 18.3 Å². The first-order valence-corrected chi connectivity index (χ1v) is 7.11. The highest BCUT2D eigenvalue weighted by atomic mass is 35.5. The molecule has 0 bridgehead atoms. The fourth-order valence-electron chi connectivity index (χ4n) is 1.10. The highest BCUT2D eigenvalue weighted by molar-refractivity contribution is 8.00. The molecule has 1 aromatic rings. The molecule has 0 spiro atoms. The summed E-state index contributed by atoms with van der Waals surface area (Å²) in [7, 11) is 0. The van der Waals surface area contributed by atoms with Crippen LogP contribution in [0.5, 0.6) is 0 Å². The number of thioether (sulfide) groups is 1. The normalized spacial score (nSPS) is 10.3. The second-order valence-corrected chi connectivity index (χ2v) is 5.30. The first-order chi connectivity index (χ1) is 8.13. The van der Waals surface area contributed by atoms with Gasteiger partial charge in [0.2, 0.25) is 0 Å². The highest BCUT2D eigenvalue weighted by Crippen LogP contribution is 2.29. The maximum absolute atomic E-state index is 11.4. The summed E-state index contributed by atoms with van der Waals surface area (Å²) in [6.07, 6.45) is 1.91. The third kappa shape index (κ3) is 5.66. The van der Waals surface area contributed by atoms with Crippen molar-refractivity contribution >= 4 is 40.9 Å². The molecule has 0 radical (unpaired) electrons. The number of benzene rings is 1. The Kier molecular flexibility index (Phi) is 6.78. The summed E-state index contributed by atoms with van der Waals surface area (Å²) >= 11 is 13.2. The molecule has 1 aromatic carbocycles. The van der Waals surface area contributed by atoms with E-state index in [1.54, 1.807) is 18.2 Å². The van der Waals surface area contributed by atoms with Crippen LogP contribution in [0.3, 0.4) is 0 Å². The third-order valence-electron chi connectivity index (χ3n) is 2.00. The summed E-state index contributed by atoms with van der Waals surface area (Å²) in [5, 5.41) is 1.21. The number of rotatable bonds is 6. The molecular weight excluding hydrogens is 279 g/mol. The van der Waals surface area contributed by atoms with Gasteiger partial charge in [-0.15, -0.1) is 11.8 Å². The maximum Gasteiger partial charge on any atom is 0.316 e. The predicted molar refractivity (Wildman–Crippen MR) is 73.1 cm³/mol. The van der Waals surface area contributed by atoms with Crippen LogP contribution in [-0.2, 0) is 9.53 Å². The molecule has 17 heavy (non-hydrogen) atoms. The van der Waals surface area contributed by atoms with E-state index in [1.165, 1.54) is 11.8 Å². The molecule has 0 saturated carbocycles. The van der Waals surface area contributed by atoms with Crippen LogP contribution in [0.2, 0.25) is 10.0 Å². The van der Waals surface area contributed by atoms with Crippen LogP contribution >= 0.6 is 35.0 Å². The van der Waals surface area contributed by atoms with E-state index in [-0.39, 0.29) is 11.7 Å². The van der Waals surface area contributed by atoms with Gasteiger partial charge in [0.15, 0.2) is 0 Å². The predicted octanol–water partition coefficient (Wildman–Crippen LogP) is 4.43. The number of carbonyl (C=O) groups excluding carboxylic acids is 1. The zero-order chi connectivity index (χ0) is 12.7. The van der Waals surface area contributed by atoms with Gasteiger partial charge in [-0.2, -0.15) is 0 Å². The number of unbranched alkanes of at least 4 members (excludes halogenated alkanes) is 1. The van der Waals surface area contributed by atoms with Crippen LogP contribution < -0.4 is 0 Å². The summed E-state index contributed by atoms with van der Waals surface area (Å²) < 4.78 is 5.04. The van der Waals surface area contributed by atoms with Crippen LogP contribution in [0.15, 0.2) is 23.1 Å². The molecule has 0 aliphatic carbocycles. The van der Waals surface area contributed by atoms with Crippen molar-refractivity contribution in [1.82, 2.24) is 0 Å². The van der Waals surface area contributed by atoms with Crippen LogP contribution in [0.25, 0.3) is 0 Å². The van der Waals surface area contributed by atoms with E-state index in [1.807, 2.05) is 6.92 Å². The van der Waals surface area contributed by atoms with E-state index < -0.39 is 0 Å². The number of esters is 1. The van der Waals surface area contributed by atoms with Gasteiger partial charge in [0.05, 0.1) is 17.4 Å². The first-order valence-electron chi connectivity index (χ1n) is 5.37. The number of hydrogen-bond acceptors (Lipinski definition) is 3. The van der Waals surface area contributed by atoms with Crippen molar-refractivity contribution in [2.75, 3.05) is 12.4 Å². The van der Waals surface area contributed by atoms with Crippen LogP contribution in [0, 0.1) is 0 Å². The molecule has 0 fully saturated rings. The fraction of sp³-hybridized carbons (Fsp3) is 0.417. The lowest BCUT2D eigenvalue weighted by Gasteiger charge is -2.05. The minimum absolute atomic E-state index is 0.223. The summed E-state index contributed by atoms with van der Waals surface area (Å²) in [6, 6.07) is 5.18. The monoisotopic (exact) mass is 292 g/mol. The molecule has 0 amide bonds. The molecule has 0 N–H and O–H groups in total. The summed E-state index contributed by atoms with van der Waals surface area (Å²) in [5.74, 6) is 0.0311. The Morgan fingerprint density at radius 3 is 2.88 bits per heavy atom. The number of carbonyl (C=O) groups is 1. The van der Waals surface area contributed by atoms with Crippen LogP contribution in [0.4, 0.5) is 0 Å². The van der Waals surface area contributed by atoms with Gasteiger partial charge in [-0.05, 0) is 24.6 Å². The fourth-order valence-corrected chi connectivity index (χ4v) is 2.39. The molecule has 0 aliphatic rings. The third-order valence-corrected chi connectivity index (χ3v) is 3.71. The SMILES string of the molecule is CCCCOC(=O)CSc1cc(Cl)ccc1Cl. The topological polar surface area (TPSA) is 26.3 Å². The Hall–Kier alpha value is -0.380. The van der Waals surface area contributed by atoms with E-state index in [2.05, 4.69) is 0 Å². The van der Waals surface area contributed by atoms with Gasteiger partial charge in [0.1, 0.15) is 0 Å². The van der Waals surface area contributed by atoms with Gasteiger partial charge in [-0.3, -0.25) is 4.79 Å². The summed E-state index contributed by atoms with van der Waals surface area (Å²) in [6.45, 7) is 2.54. The Morgan fingerprint density at radius 1 is 1.41 bits per heavy atom. The summed E-state index contributed by atoms with van der Waals surface area (Å²) in [4.78, 5) is 12.2. The minimum Gasteiger partial charge on any atom is -0.465 e. The second-order valence-electron chi connectivity index (χ2n) is 3.44. The van der Waals surface area contributed by atoms with Crippen molar-refractivity contribution in [2.24, 2.45) is 0 Å². The molecule has 2 nitrogen and oxygen atoms in total. The molecule has 0 atom stereocenters. The molecule has 94 valence electrons.